The summed E-state index contributed by atoms with van der Waals surface area (Å²) in [6.07, 6.45) is 0. The Balaban J connectivity index is 2.59. The van der Waals surface area contributed by atoms with Crippen molar-refractivity contribution < 1.29 is 10.0 Å². The number of nitrogens with one attached hydrogen (secondary N) is 1. The molecule has 0 atom stereocenters. The maximum atomic E-state index is 11.1. The standard InChI is InChI=1S/C10H7N3O4S/c14-8-5-9(15)12(10(18)11-8)6-1-3-7(4-2-6)13(16)17/h1-5,15H,(H,11,14,18). The first kappa shape index (κ1) is 12.0. The van der Waals surface area contributed by atoms with Crippen molar-refractivity contribution in [1.82, 2.24) is 9.55 Å². The van der Waals surface area contributed by atoms with Crippen molar-refractivity contribution in [1.29, 1.82) is 0 Å². The highest BCUT2D eigenvalue weighted by Gasteiger charge is 2.08. The van der Waals surface area contributed by atoms with Gasteiger partial charge in [0.15, 0.2) is 4.77 Å². The largest absolute Gasteiger partial charge is 0.494 e. The smallest absolute Gasteiger partial charge is 0.269 e. The van der Waals surface area contributed by atoms with Gasteiger partial charge in [-0.25, -0.2) is 0 Å². The molecule has 7 nitrogen and oxygen atoms in total. The molecule has 0 radical (unpaired) electrons. The number of nitrogens with zero attached hydrogens (tertiary/aromatic N) is 2. The van der Waals surface area contributed by atoms with Gasteiger partial charge in [-0.05, 0) is 24.4 Å². The fourth-order valence-corrected chi connectivity index (χ4v) is 1.76. The second-order valence-electron chi connectivity index (χ2n) is 3.41. The summed E-state index contributed by atoms with van der Waals surface area (Å²) in [6.45, 7) is 0. The molecule has 8 heteroatoms. The highest BCUT2D eigenvalue weighted by atomic mass is 32.1. The molecule has 0 aliphatic rings. The van der Waals surface area contributed by atoms with Crippen LogP contribution in [-0.2, 0) is 0 Å². The molecule has 0 amide bonds. The normalized spacial score (nSPS) is 10.2. The van der Waals surface area contributed by atoms with Crippen LogP contribution >= 0.6 is 12.2 Å². The van der Waals surface area contributed by atoms with Gasteiger partial charge in [0.05, 0.1) is 16.7 Å². The van der Waals surface area contributed by atoms with E-state index in [0.717, 1.165) is 6.07 Å². The third kappa shape index (κ3) is 2.13. The number of aromatic nitrogens is 2. The highest BCUT2D eigenvalue weighted by molar-refractivity contribution is 7.71. The molecule has 1 heterocycles. The zero-order chi connectivity index (χ0) is 13.3. The Hall–Kier alpha value is -2.48. The monoisotopic (exact) mass is 265 g/mol. The number of benzene rings is 1. The van der Waals surface area contributed by atoms with E-state index >= 15 is 0 Å². The summed E-state index contributed by atoms with van der Waals surface area (Å²) in [5.41, 5.74) is -0.177. The maximum absolute atomic E-state index is 11.1. The van der Waals surface area contributed by atoms with Crippen molar-refractivity contribution in [2.45, 2.75) is 0 Å². The molecule has 2 rings (SSSR count). The summed E-state index contributed by atoms with van der Waals surface area (Å²) in [5, 5.41) is 20.2. The lowest BCUT2D eigenvalue weighted by Gasteiger charge is -2.08. The number of non-ortho nitro benzene ring substituents is 1. The van der Waals surface area contributed by atoms with Gasteiger partial charge in [0.2, 0.25) is 5.88 Å². The van der Waals surface area contributed by atoms with Crippen LogP contribution < -0.4 is 5.56 Å². The van der Waals surface area contributed by atoms with Gasteiger partial charge in [0, 0.05) is 12.1 Å². The zero-order valence-corrected chi connectivity index (χ0v) is 9.68. The minimum absolute atomic E-state index is 0.00820. The van der Waals surface area contributed by atoms with Crippen molar-refractivity contribution in [3.63, 3.8) is 0 Å². The van der Waals surface area contributed by atoms with Gasteiger partial charge >= 0.3 is 0 Å². The topological polar surface area (TPSA) is 101 Å². The number of H-pyrrole nitrogens is 1. The number of hydrogen-bond donors (Lipinski definition) is 2. The van der Waals surface area contributed by atoms with Gasteiger partial charge in [-0.1, -0.05) is 0 Å². The maximum Gasteiger partial charge on any atom is 0.269 e. The number of aromatic hydroxyl groups is 1. The van der Waals surface area contributed by atoms with Crippen LogP contribution in [0, 0.1) is 14.9 Å². The van der Waals surface area contributed by atoms with Crippen LogP contribution in [0.1, 0.15) is 0 Å². The summed E-state index contributed by atoms with van der Waals surface area (Å²) in [6, 6.07) is 6.37. The van der Waals surface area contributed by atoms with E-state index < -0.39 is 10.5 Å². The lowest BCUT2D eigenvalue weighted by Crippen LogP contribution is -2.10. The molecular formula is C10H7N3O4S. The van der Waals surface area contributed by atoms with Gasteiger partial charge in [0.1, 0.15) is 0 Å². The molecule has 2 aromatic rings. The first-order valence-corrected chi connectivity index (χ1v) is 5.20. The molecule has 1 aromatic carbocycles. The van der Waals surface area contributed by atoms with E-state index in [2.05, 4.69) is 4.98 Å². The van der Waals surface area contributed by atoms with Crippen molar-refractivity contribution in [3.05, 3.63) is 55.6 Å². The zero-order valence-electron chi connectivity index (χ0n) is 8.86. The molecule has 18 heavy (non-hydrogen) atoms. The lowest BCUT2D eigenvalue weighted by molar-refractivity contribution is -0.384. The molecule has 0 aliphatic heterocycles. The van der Waals surface area contributed by atoms with E-state index in [1.54, 1.807) is 0 Å². The Morgan fingerprint density at radius 1 is 1.33 bits per heavy atom. The van der Waals surface area contributed by atoms with E-state index in [-0.39, 0.29) is 16.3 Å². The molecule has 1 aromatic heterocycles. The van der Waals surface area contributed by atoms with Crippen LogP contribution in [0.15, 0.2) is 35.1 Å². The molecule has 2 N–H and O–H groups in total. The average Bonchev–Trinajstić information content (AvgIpc) is 2.28. The summed E-state index contributed by atoms with van der Waals surface area (Å²) >= 11 is 4.91. The van der Waals surface area contributed by atoms with E-state index in [1.807, 2.05) is 0 Å². The average molecular weight is 265 g/mol. The summed E-state index contributed by atoms with van der Waals surface area (Å²) in [4.78, 5) is 23.4. The van der Waals surface area contributed by atoms with Crippen molar-refractivity contribution in [2.24, 2.45) is 0 Å². The first-order chi connectivity index (χ1) is 8.49. The summed E-state index contributed by atoms with van der Waals surface area (Å²) < 4.78 is 1.20. The molecule has 0 spiro atoms. The predicted molar refractivity (Wildman–Crippen MR) is 65.5 cm³/mol. The van der Waals surface area contributed by atoms with Crippen LogP contribution in [-0.4, -0.2) is 19.6 Å². The molecule has 0 aliphatic carbocycles. The Morgan fingerprint density at radius 2 is 1.94 bits per heavy atom. The van der Waals surface area contributed by atoms with Crippen molar-refractivity contribution in [2.75, 3.05) is 0 Å². The van der Waals surface area contributed by atoms with Gasteiger partial charge < -0.3 is 5.11 Å². The van der Waals surface area contributed by atoms with E-state index in [9.17, 15) is 20.0 Å². The molecule has 0 fully saturated rings. The van der Waals surface area contributed by atoms with Gasteiger partial charge in [-0.15, -0.1) is 0 Å². The Morgan fingerprint density at radius 3 is 2.44 bits per heavy atom. The van der Waals surface area contributed by atoms with Crippen molar-refractivity contribution >= 4 is 17.9 Å². The quantitative estimate of drug-likeness (QED) is 0.487. The SMILES string of the molecule is O=c1cc(O)n(-c2ccc([N+](=O)[O-])cc2)c(=S)[nH]1. The summed E-state index contributed by atoms with van der Waals surface area (Å²) in [5.74, 6) is -0.336. The van der Waals surface area contributed by atoms with Crippen LogP contribution in [0.5, 0.6) is 5.88 Å². The fourth-order valence-electron chi connectivity index (χ4n) is 1.46. The lowest BCUT2D eigenvalue weighted by atomic mass is 10.3. The molecular weight excluding hydrogens is 258 g/mol. The number of rotatable bonds is 2. The molecule has 0 unspecified atom stereocenters. The molecule has 0 bridgehead atoms. The Labute approximate surface area is 105 Å². The number of nitro groups is 1. The minimum Gasteiger partial charge on any atom is -0.494 e. The van der Waals surface area contributed by atoms with Gasteiger partial charge in [-0.2, -0.15) is 0 Å². The highest BCUT2D eigenvalue weighted by Crippen LogP contribution is 2.18. The van der Waals surface area contributed by atoms with E-state index in [4.69, 9.17) is 12.2 Å². The fraction of sp³-hybridized carbons (Fsp3) is 0. The van der Waals surface area contributed by atoms with Crippen LogP contribution in [0.2, 0.25) is 0 Å². The third-order valence-corrected chi connectivity index (χ3v) is 2.53. The number of nitro benzene ring substituents is 1. The number of aromatic amines is 1. The number of hydrogen-bond acceptors (Lipinski definition) is 5. The van der Waals surface area contributed by atoms with Gasteiger partial charge in [0.25, 0.3) is 11.2 Å². The third-order valence-electron chi connectivity index (χ3n) is 2.24. The first-order valence-electron chi connectivity index (χ1n) is 4.79. The minimum atomic E-state index is -0.532. The van der Waals surface area contributed by atoms with Gasteiger partial charge in [-0.3, -0.25) is 24.5 Å². The molecule has 92 valence electrons. The molecule has 0 saturated carbocycles. The summed E-state index contributed by atoms with van der Waals surface area (Å²) in [7, 11) is 0. The Kier molecular flexibility index (Phi) is 2.94. The van der Waals surface area contributed by atoms with Crippen LogP contribution in [0.3, 0.4) is 0 Å². The second-order valence-corrected chi connectivity index (χ2v) is 3.79. The van der Waals surface area contributed by atoms with E-state index in [0.29, 0.717) is 5.69 Å². The predicted octanol–water partition coefficient (Wildman–Crippen LogP) is 1.51. The van der Waals surface area contributed by atoms with Crippen LogP contribution in [0.25, 0.3) is 5.69 Å². The Bertz CT molecular complexity index is 717. The van der Waals surface area contributed by atoms with Crippen LogP contribution in [0.4, 0.5) is 5.69 Å². The molecule has 0 saturated heterocycles. The van der Waals surface area contributed by atoms with Crippen molar-refractivity contribution in [3.8, 4) is 11.6 Å². The second kappa shape index (κ2) is 4.41. The van der Waals surface area contributed by atoms with E-state index in [1.165, 1.54) is 28.8 Å².